The van der Waals surface area contributed by atoms with E-state index in [0.29, 0.717) is 12.3 Å². The van der Waals surface area contributed by atoms with Crippen molar-refractivity contribution in [1.29, 1.82) is 0 Å². The Morgan fingerprint density at radius 2 is 2.43 bits per heavy atom. The van der Waals surface area contributed by atoms with E-state index in [1.54, 1.807) is 0 Å². The van der Waals surface area contributed by atoms with Crippen molar-refractivity contribution in [2.24, 2.45) is 11.3 Å². The second-order valence-corrected chi connectivity index (χ2v) is 4.85. The van der Waals surface area contributed by atoms with Crippen molar-refractivity contribution in [1.82, 2.24) is 0 Å². The summed E-state index contributed by atoms with van der Waals surface area (Å²) in [4.78, 5) is 0. The van der Waals surface area contributed by atoms with Crippen molar-refractivity contribution < 1.29 is 5.11 Å². The Balaban J connectivity index is 2.79. The van der Waals surface area contributed by atoms with Gasteiger partial charge in [-0.1, -0.05) is 31.6 Å². The normalized spacial score (nSPS) is 34.9. The molecule has 0 radical (unpaired) electrons. The van der Waals surface area contributed by atoms with Crippen LogP contribution in [-0.4, -0.2) is 11.2 Å². The van der Waals surface area contributed by atoms with Crippen molar-refractivity contribution in [3.05, 3.63) is 24.3 Å². The van der Waals surface area contributed by atoms with Crippen LogP contribution in [-0.2, 0) is 0 Å². The van der Waals surface area contributed by atoms with Gasteiger partial charge in [0, 0.05) is 5.41 Å². The van der Waals surface area contributed by atoms with Crippen LogP contribution in [0.5, 0.6) is 0 Å². The molecule has 0 aliphatic heterocycles. The first-order valence-corrected chi connectivity index (χ1v) is 5.47. The SMILES string of the molecule is C=CCC(O)C1(C)CCC(C)=CC1C. The molecule has 3 atom stereocenters. The summed E-state index contributed by atoms with van der Waals surface area (Å²) in [5.74, 6) is 0.464. The standard InChI is InChI=1S/C13H22O/c1-5-6-12(14)13(4)8-7-10(2)9-11(13)3/h5,9,11-12,14H,1,6-8H2,2-4H3. The van der Waals surface area contributed by atoms with E-state index in [1.807, 2.05) is 6.08 Å². The Morgan fingerprint density at radius 1 is 1.79 bits per heavy atom. The predicted octanol–water partition coefficient (Wildman–Crippen LogP) is 3.31. The fourth-order valence-corrected chi connectivity index (χ4v) is 2.29. The van der Waals surface area contributed by atoms with Crippen LogP contribution in [0.15, 0.2) is 24.3 Å². The van der Waals surface area contributed by atoms with Gasteiger partial charge >= 0.3 is 0 Å². The van der Waals surface area contributed by atoms with Crippen LogP contribution in [0, 0.1) is 11.3 Å². The molecule has 1 heteroatoms. The summed E-state index contributed by atoms with van der Waals surface area (Å²) < 4.78 is 0. The van der Waals surface area contributed by atoms with Gasteiger partial charge in [-0.15, -0.1) is 6.58 Å². The molecule has 14 heavy (non-hydrogen) atoms. The molecule has 3 unspecified atom stereocenters. The summed E-state index contributed by atoms with van der Waals surface area (Å²) in [6, 6.07) is 0. The third kappa shape index (κ3) is 2.09. The lowest BCUT2D eigenvalue weighted by molar-refractivity contribution is 0.00314. The second-order valence-electron chi connectivity index (χ2n) is 4.85. The number of hydrogen-bond donors (Lipinski definition) is 1. The highest BCUT2D eigenvalue weighted by Crippen LogP contribution is 2.43. The lowest BCUT2D eigenvalue weighted by Gasteiger charge is -2.41. The van der Waals surface area contributed by atoms with Gasteiger partial charge in [0.15, 0.2) is 0 Å². The maximum absolute atomic E-state index is 10.1. The van der Waals surface area contributed by atoms with Gasteiger partial charge in [0.05, 0.1) is 6.10 Å². The maximum Gasteiger partial charge on any atom is 0.0633 e. The fraction of sp³-hybridized carbons (Fsp3) is 0.692. The molecule has 0 fully saturated rings. The molecule has 0 saturated heterocycles. The van der Waals surface area contributed by atoms with Crippen LogP contribution >= 0.6 is 0 Å². The molecule has 1 aliphatic carbocycles. The number of hydrogen-bond acceptors (Lipinski definition) is 1. The molecule has 0 aromatic carbocycles. The van der Waals surface area contributed by atoms with Crippen LogP contribution in [0.1, 0.15) is 40.0 Å². The summed E-state index contributed by atoms with van der Waals surface area (Å²) in [7, 11) is 0. The van der Waals surface area contributed by atoms with Crippen LogP contribution in [0.4, 0.5) is 0 Å². The van der Waals surface area contributed by atoms with Crippen molar-refractivity contribution in [3.8, 4) is 0 Å². The van der Waals surface area contributed by atoms with Crippen molar-refractivity contribution >= 4 is 0 Å². The maximum atomic E-state index is 10.1. The smallest absolute Gasteiger partial charge is 0.0633 e. The molecular formula is C13H22O. The monoisotopic (exact) mass is 194 g/mol. The van der Waals surface area contributed by atoms with Gasteiger partial charge in [-0.3, -0.25) is 0 Å². The summed E-state index contributed by atoms with van der Waals surface area (Å²) in [5.41, 5.74) is 1.49. The van der Waals surface area contributed by atoms with Gasteiger partial charge in [0.2, 0.25) is 0 Å². The van der Waals surface area contributed by atoms with Gasteiger partial charge in [-0.2, -0.15) is 0 Å². The Hall–Kier alpha value is -0.560. The van der Waals surface area contributed by atoms with Crippen molar-refractivity contribution in [3.63, 3.8) is 0 Å². The molecule has 80 valence electrons. The van der Waals surface area contributed by atoms with E-state index in [1.165, 1.54) is 5.57 Å². The molecule has 0 bridgehead atoms. The van der Waals surface area contributed by atoms with Crippen molar-refractivity contribution in [2.75, 3.05) is 0 Å². The van der Waals surface area contributed by atoms with Gasteiger partial charge in [-0.25, -0.2) is 0 Å². The first kappa shape index (κ1) is 11.5. The molecular weight excluding hydrogens is 172 g/mol. The van der Waals surface area contributed by atoms with E-state index in [-0.39, 0.29) is 11.5 Å². The topological polar surface area (TPSA) is 20.2 Å². The van der Waals surface area contributed by atoms with E-state index < -0.39 is 0 Å². The molecule has 0 amide bonds. The number of allylic oxidation sites excluding steroid dienone is 2. The Morgan fingerprint density at radius 3 is 2.93 bits per heavy atom. The summed E-state index contributed by atoms with van der Waals surface area (Å²) in [6.45, 7) is 10.3. The first-order chi connectivity index (χ1) is 6.50. The number of rotatable bonds is 3. The van der Waals surface area contributed by atoms with Crippen LogP contribution < -0.4 is 0 Å². The summed E-state index contributed by atoms with van der Waals surface area (Å²) in [5, 5.41) is 10.1. The van der Waals surface area contributed by atoms with E-state index in [2.05, 4.69) is 33.4 Å². The van der Waals surface area contributed by atoms with E-state index in [9.17, 15) is 5.11 Å². The molecule has 1 rings (SSSR count). The van der Waals surface area contributed by atoms with Gasteiger partial charge in [0.1, 0.15) is 0 Å². The Bertz CT molecular complexity index is 242. The zero-order valence-corrected chi connectivity index (χ0v) is 9.59. The van der Waals surface area contributed by atoms with Gasteiger partial charge < -0.3 is 5.11 Å². The van der Waals surface area contributed by atoms with Crippen LogP contribution in [0.2, 0.25) is 0 Å². The molecule has 1 aliphatic rings. The molecule has 0 spiro atoms. The third-order valence-corrected chi connectivity index (χ3v) is 3.78. The molecule has 0 heterocycles. The van der Waals surface area contributed by atoms with Crippen LogP contribution in [0.25, 0.3) is 0 Å². The molecule has 1 N–H and O–H groups in total. The lowest BCUT2D eigenvalue weighted by atomic mass is 9.66. The highest BCUT2D eigenvalue weighted by Gasteiger charge is 2.38. The van der Waals surface area contributed by atoms with E-state index in [4.69, 9.17) is 0 Å². The summed E-state index contributed by atoms with van der Waals surface area (Å²) >= 11 is 0. The predicted molar refractivity (Wildman–Crippen MR) is 61.1 cm³/mol. The highest BCUT2D eigenvalue weighted by molar-refractivity contribution is 5.11. The average Bonchev–Trinajstić information content (AvgIpc) is 2.12. The minimum absolute atomic E-state index is 0.0354. The highest BCUT2D eigenvalue weighted by atomic mass is 16.3. The van der Waals surface area contributed by atoms with E-state index in [0.717, 1.165) is 12.8 Å². The van der Waals surface area contributed by atoms with E-state index >= 15 is 0 Å². The number of aliphatic hydroxyl groups excluding tert-OH is 1. The Labute approximate surface area is 87.5 Å². The van der Waals surface area contributed by atoms with Gasteiger partial charge in [0.25, 0.3) is 0 Å². The lowest BCUT2D eigenvalue weighted by Crippen LogP contribution is -2.39. The number of aliphatic hydroxyl groups is 1. The Kier molecular flexibility index (Phi) is 3.54. The minimum atomic E-state index is -0.251. The average molecular weight is 194 g/mol. The quantitative estimate of drug-likeness (QED) is 0.683. The molecule has 1 nitrogen and oxygen atoms in total. The largest absolute Gasteiger partial charge is 0.392 e. The van der Waals surface area contributed by atoms with Crippen molar-refractivity contribution in [2.45, 2.75) is 46.1 Å². The third-order valence-electron chi connectivity index (χ3n) is 3.78. The van der Waals surface area contributed by atoms with Gasteiger partial charge in [-0.05, 0) is 32.1 Å². The second kappa shape index (κ2) is 4.31. The minimum Gasteiger partial charge on any atom is -0.392 e. The molecule has 0 aromatic rings. The zero-order chi connectivity index (χ0) is 10.8. The first-order valence-electron chi connectivity index (χ1n) is 5.47. The fourth-order valence-electron chi connectivity index (χ4n) is 2.29. The molecule has 0 saturated carbocycles. The molecule has 0 aromatic heterocycles. The van der Waals surface area contributed by atoms with Crippen LogP contribution in [0.3, 0.4) is 0 Å². The summed E-state index contributed by atoms with van der Waals surface area (Å²) in [6.07, 6.45) is 6.78. The zero-order valence-electron chi connectivity index (χ0n) is 9.59.